The molecule has 3 rings (SSSR count). The zero-order valence-corrected chi connectivity index (χ0v) is 14.3. The maximum atomic E-state index is 8.95. The Balaban J connectivity index is 1.53. The summed E-state index contributed by atoms with van der Waals surface area (Å²) in [5.74, 6) is 0. The second-order valence-corrected chi connectivity index (χ2v) is 7.11. The van der Waals surface area contributed by atoms with Crippen molar-refractivity contribution in [1.82, 2.24) is 4.90 Å². The van der Waals surface area contributed by atoms with Crippen LogP contribution in [0.2, 0.25) is 0 Å². The van der Waals surface area contributed by atoms with Gasteiger partial charge in [-0.2, -0.15) is 5.26 Å². The van der Waals surface area contributed by atoms with E-state index in [-0.39, 0.29) is 5.41 Å². The third-order valence-electron chi connectivity index (χ3n) is 4.99. The first-order valence-corrected chi connectivity index (χ1v) is 8.67. The SMILES string of the molecule is CC1(CC#N)CCN(Cc2ccc(Nc3ccccc3)cc2)CC1. The molecule has 1 aliphatic heterocycles. The topological polar surface area (TPSA) is 39.1 Å². The molecule has 0 spiro atoms. The third kappa shape index (κ3) is 4.37. The number of nitrogens with one attached hydrogen (secondary N) is 1. The molecule has 0 atom stereocenters. The maximum absolute atomic E-state index is 8.95. The van der Waals surface area contributed by atoms with Gasteiger partial charge in [0.05, 0.1) is 6.07 Å². The van der Waals surface area contributed by atoms with Crippen molar-refractivity contribution in [3.05, 3.63) is 60.2 Å². The van der Waals surface area contributed by atoms with E-state index in [9.17, 15) is 0 Å². The van der Waals surface area contributed by atoms with Gasteiger partial charge >= 0.3 is 0 Å². The second-order valence-electron chi connectivity index (χ2n) is 7.11. The number of rotatable bonds is 5. The highest BCUT2D eigenvalue weighted by Crippen LogP contribution is 2.34. The average molecular weight is 319 g/mol. The van der Waals surface area contributed by atoms with Gasteiger partial charge in [0.2, 0.25) is 0 Å². The highest BCUT2D eigenvalue weighted by molar-refractivity contribution is 5.59. The van der Waals surface area contributed by atoms with Gasteiger partial charge in [0.15, 0.2) is 0 Å². The Morgan fingerprint density at radius 2 is 1.62 bits per heavy atom. The molecule has 1 aliphatic rings. The molecule has 0 bridgehead atoms. The van der Waals surface area contributed by atoms with Gasteiger partial charge in [0.1, 0.15) is 0 Å². The van der Waals surface area contributed by atoms with Crippen molar-refractivity contribution in [1.29, 1.82) is 5.26 Å². The molecule has 3 nitrogen and oxygen atoms in total. The van der Waals surface area contributed by atoms with Gasteiger partial charge in [-0.05, 0) is 61.2 Å². The summed E-state index contributed by atoms with van der Waals surface area (Å²) in [6, 6.07) is 21.3. The molecule has 0 radical (unpaired) electrons. The van der Waals surface area contributed by atoms with Gasteiger partial charge in [0.25, 0.3) is 0 Å². The minimum Gasteiger partial charge on any atom is -0.356 e. The van der Waals surface area contributed by atoms with E-state index in [1.165, 1.54) is 5.56 Å². The van der Waals surface area contributed by atoms with Crippen LogP contribution in [0.3, 0.4) is 0 Å². The molecule has 2 aromatic rings. The van der Waals surface area contributed by atoms with Gasteiger partial charge in [-0.25, -0.2) is 0 Å². The van der Waals surface area contributed by atoms with Crippen molar-refractivity contribution < 1.29 is 0 Å². The van der Waals surface area contributed by atoms with E-state index in [1.54, 1.807) is 0 Å². The first-order valence-electron chi connectivity index (χ1n) is 8.67. The van der Waals surface area contributed by atoms with Crippen LogP contribution in [0.5, 0.6) is 0 Å². The van der Waals surface area contributed by atoms with Gasteiger partial charge in [0, 0.05) is 24.3 Å². The Morgan fingerprint density at radius 3 is 2.25 bits per heavy atom. The van der Waals surface area contributed by atoms with Crippen molar-refractivity contribution in [3.63, 3.8) is 0 Å². The van der Waals surface area contributed by atoms with Gasteiger partial charge in [-0.1, -0.05) is 37.3 Å². The quantitative estimate of drug-likeness (QED) is 0.848. The van der Waals surface area contributed by atoms with Crippen LogP contribution in [0, 0.1) is 16.7 Å². The van der Waals surface area contributed by atoms with Crippen LogP contribution in [0.15, 0.2) is 54.6 Å². The molecule has 0 aliphatic carbocycles. The number of para-hydroxylation sites is 1. The number of nitrogens with zero attached hydrogens (tertiary/aromatic N) is 2. The number of anilines is 2. The normalized spacial score (nSPS) is 17.2. The monoisotopic (exact) mass is 319 g/mol. The molecule has 3 heteroatoms. The summed E-state index contributed by atoms with van der Waals surface area (Å²) in [5, 5.41) is 12.4. The first-order chi connectivity index (χ1) is 11.7. The Labute approximate surface area is 144 Å². The molecule has 0 unspecified atom stereocenters. The van der Waals surface area contributed by atoms with Crippen molar-refractivity contribution in [2.75, 3.05) is 18.4 Å². The first kappa shape index (κ1) is 16.5. The third-order valence-corrected chi connectivity index (χ3v) is 4.99. The van der Waals surface area contributed by atoms with Gasteiger partial charge in [-0.3, -0.25) is 4.90 Å². The molecule has 24 heavy (non-hydrogen) atoms. The van der Waals surface area contributed by atoms with E-state index in [0.717, 1.165) is 43.9 Å². The summed E-state index contributed by atoms with van der Waals surface area (Å²) >= 11 is 0. The van der Waals surface area contributed by atoms with E-state index in [2.05, 4.69) is 59.6 Å². The van der Waals surface area contributed by atoms with Crippen molar-refractivity contribution in [3.8, 4) is 6.07 Å². The Morgan fingerprint density at radius 1 is 1.00 bits per heavy atom. The van der Waals surface area contributed by atoms with Crippen LogP contribution >= 0.6 is 0 Å². The Kier molecular flexibility index (Phi) is 5.17. The highest BCUT2D eigenvalue weighted by atomic mass is 15.1. The van der Waals surface area contributed by atoms with E-state index in [0.29, 0.717) is 6.42 Å². The molecule has 0 aromatic heterocycles. The molecule has 2 aromatic carbocycles. The summed E-state index contributed by atoms with van der Waals surface area (Å²) < 4.78 is 0. The fourth-order valence-corrected chi connectivity index (χ4v) is 3.26. The van der Waals surface area contributed by atoms with Crippen molar-refractivity contribution in [2.24, 2.45) is 5.41 Å². The van der Waals surface area contributed by atoms with Crippen molar-refractivity contribution >= 4 is 11.4 Å². The largest absolute Gasteiger partial charge is 0.356 e. The summed E-state index contributed by atoms with van der Waals surface area (Å²) in [6.07, 6.45) is 2.92. The lowest BCUT2D eigenvalue weighted by Crippen LogP contribution is -2.38. The summed E-state index contributed by atoms with van der Waals surface area (Å²) in [6.45, 7) is 5.41. The average Bonchev–Trinajstić information content (AvgIpc) is 2.60. The predicted molar refractivity (Wildman–Crippen MR) is 99.0 cm³/mol. The van der Waals surface area contributed by atoms with Crippen molar-refractivity contribution in [2.45, 2.75) is 32.7 Å². The smallest absolute Gasteiger partial charge is 0.0627 e. The van der Waals surface area contributed by atoms with Gasteiger partial charge in [-0.15, -0.1) is 0 Å². The predicted octanol–water partition coefficient (Wildman–Crippen LogP) is 4.95. The number of hydrogen-bond acceptors (Lipinski definition) is 3. The van der Waals surface area contributed by atoms with Crippen LogP contribution < -0.4 is 5.32 Å². The number of piperidine rings is 1. The fourth-order valence-electron chi connectivity index (χ4n) is 3.26. The zero-order valence-electron chi connectivity index (χ0n) is 14.3. The summed E-state index contributed by atoms with van der Waals surface area (Å²) in [4.78, 5) is 2.50. The zero-order chi connectivity index (χ0) is 16.8. The minimum atomic E-state index is 0.217. The molecule has 0 saturated carbocycles. The van der Waals surface area contributed by atoms with Gasteiger partial charge < -0.3 is 5.32 Å². The summed E-state index contributed by atoms with van der Waals surface area (Å²) in [7, 11) is 0. The maximum Gasteiger partial charge on any atom is 0.0627 e. The molecular formula is C21H25N3. The highest BCUT2D eigenvalue weighted by Gasteiger charge is 2.29. The second kappa shape index (κ2) is 7.51. The standard InChI is InChI=1S/C21H25N3/c1-21(11-14-22)12-15-24(16-13-21)17-18-7-9-20(10-8-18)23-19-5-3-2-4-6-19/h2-10,23H,11-13,15-17H2,1H3. The molecular weight excluding hydrogens is 294 g/mol. The number of hydrogen-bond donors (Lipinski definition) is 1. The minimum absolute atomic E-state index is 0.217. The van der Waals surface area contributed by atoms with Crippen LogP contribution in [0.25, 0.3) is 0 Å². The molecule has 124 valence electrons. The van der Waals surface area contributed by atoms with Crippen LogP contribution in [0.4, 0.5) is 11.4 Å². The van der Waals surface area contributed by atoms with Crippen LogP contribution in [-0.2, 0) is 6.54 Å². The number of likely N-dealkylation sites (tertiary alicyclic amines) is 1. The molecule has 1 N–H and O–H groups in total. The fraction of sp³-hybridized carbons (Fsp3) is 0.381. The van der Waals surface area contributed by atoms with E-state index >= 15 is 0 Å². The van der Waals surface area contributed by atoms with E-state index in [1.807, 2.05) is 18.2 Å². The Bertz CT molecular complexity index is 677. The lowest BCUT2D eigenvalue weighted by molar-refractivity contribution is 0.116. The lowest BCUT2D eigenvalue weighted by Gasteiger charge is -2.38. The molecule has 1 heterocycles. The molecule has 1 saturated heterocycles. The van der Waals surface area contributed by atoms with E-state index < -0.39 is 0 Å². The lowest BCUT2D eigenvalue weighted by atomic mass is 9.78. The molecule has 1 fully saturated rings. The molecule has 0 amide bonds. The van der Waals surface area contributed by atoms with Crippen LogP contribution in [0.1, 0.15) is 31.7 Å². The summed E-state index contributed by atoms with van der Waals surface area (Å²) in [5.41, 5.74) is 3.79. The van der Waals surface area contributed by atoms with E-state index in [4.69, 9.17) is 5.26 Å². The number of nitriles is 1. The number of benzene rings is 2. The Hall–Kier alpha value is -2.31. The van der Waals surface area contributed by atoms with Crippen LogP contribution in [-0.4, -0.2) is 18.0 Å².